The van der Waals surface area contributed by atoms with Gasteiger partial charge in [0.05, 0.1) is 7.11 Å². The van der Waals surface area contributed by atoms with E-state index in [-0.39, 0.29) is 12.7 Å². The summed E-state index contributed by atoms with van der Waals surface area (Å²) in [4.78, 5) is 27.4. The molecule has 0 spiro atoms. The second-order valence-corrected chi connectivity index (χ2v) is 17.3. The van der Waals surface area contributed by atoms with Gasteiger partial charge < -0.3 is 18.9 Å². The van der Waals surface area contributed by atoms with E-state index in [9.17, 15) is 9.59 Å². The number of carbonyl (C=O) groups excluding carboxylic acids is 2. The molecule has 0 aromatic carbocycles. The topological polar surface area (TPSA) is 109 Å². The number of hydrogen-bond donors (Lipinski definition) is 1. The zero-order chi connectivity index (χ0) is 34.8. The molecule has 3 saturated carbocycles. The van der Waals surface area contributed by atoms with Gasteiger partial charge in [0.1, 0.15) is 18.3 Å². The first-order valence-electron chi connectivity index (χ1n) is 18.6. The Hall–Kier alpha value is -2.09. The van der Waals surface area contributed by atoms with Crippen LogP contribution >= 0.6 is 0 Å². The predicted molar refractivity (Wildman–Crippen MR) is 187 cm³/mol. The van der Waals surface area contributed by atoms with Crippen LogP contribution in [0.1, 0.15) is 139 Å². The number of aliphatic imine (C=N–C) groups is 1. The maximum atomic E-state index is 11.7. The molecule has 0 aromatic heterocycles. The minimum Gasteiger partial charge on any atom is -0.476 e. The van der Waals surface area contributed by atoms with Gasteiger partial charge in [-0.1, -0.05) is 72.5 Å². The van der Waals surface area contributed by atoms with Crippen molar-refractivity contribution in [3.05, 3.63) is 11.6 Å². The number of carbonyl (C=O) groups is 2. The zero-order valence-corrected chi connectivity index (χ0v) is 31.3. The Bertz CT molecular complexity index is 1170. The molecule has 1 aliphatic heterocycles. The van der Waals surface area contributed by atoms with Gasteiger partial charge in [-0.15, -0.1) is 0 Å². The number of fused-ring (bicyclic) bond motifs is 5. The summed E-state index contributed by atoms with van der Waals surface area (Å²) in [5.74, 6) is 5.16. The van der Waals surface area contributed by atoms with Crippen LogP contribution in [0.4, 0.5) is 4.79 Å². The normalized spacial score (nSPS) is 36.7. The number of esters is 1. The first-order chi connectivity index (χ1) is 22.0. The molecule has 4 aliphatic carbocycles. The Morgan fingerprint density at radius 3 is 2.40 bits per heavy atom. The fourth-order valence-corrected chi connectivity index (χ4v) is 10.1. The van der Waals surface area contributed by atoms with E-state index in [4.69, 9.17) is 24.7 Å². The van der Waals surface area contributed by atoms with E-state index in [1.807, 2.05) is 6.92 Å². The standard InChI is InChI=1S/C29H48O3.C10H18N2O3/c1-19(2)8-7-9-20(3)24-12-13-25-23-11-10-21-18-22(32-27(30)31-6)14-16-28(21,4)26(23)15-17-29(24,25)5;1-5-7-12-10(11,6-14-7)8(13)15-9(2,3)4/h10,19-20,22-26H,7-9,11-18H2,1-6H3;5-6,11H2,1-4H3/t20?,22-,23-,24+,25-,26-,28-,29+;/m0./s1. The fourth-order valence-electron chi connectivity index (χ4n) is 10.1. The highest BCUT2D eigenvalue weighted by atomic mass is 16.7. The van der Waals surface area contributed by atoms with E-state index in [1.54, 1.807) is 26.3 Å². The van der Waals surface area contributed by atoms with Gasteiger partial charge >= 0.3 is 12.1 Å². The second kappa shape index (κ2) is 14.8. The summed E-state index contributed by atoms with van der Waals surface area (Å²) in [7, 11) is 1.40. The van der Waals surface area contributed by atoms with Gasteiger partial charge in [0.15, 0.2) is 5.90 Å². The van der Waals surface area contributed by atoms with Gasteiger partial charge in [0.2, 0.25) is 5.66 Å². The molecule has 5 aliphatic rings. The molecule has 9 atom stereocenters. The minimum absolute atomic E-state index is 0.00488. The summed E-state index contributed by atoms with van der Waals surface area (Å²) >= 11 is 0. The highest BCUT2D eigenvalue weighted by Crippen LogP contribution is 2.67. The van der Waals surface area contributed by atoms with Crippen molar-refractivity contribution < 1.29 is 28.5 Å². The molecule has 47 heavy (non-hydrogen) atoms. The fraction of sp³-hybridized carbons (Fsp3) is 0.872. The summed E-state index contributed by atoms with van der Waals surface area (Å²) < 4.78 is 20.6. The van der Waals surface area contributed by atoms with Crippen molar-refractivity contribution in [3.8, 4) is 0 Å². The van der Waals surface area contributed by atoms with Gasteiger partial charge in [-0.05, 0) is 112 Å². The van der Waals surface area contributed by atoms with Gasteiger partial charge in [-0.2, -0.15) is 0 Å². The minimum atomic E-state index is -1.36. The molecule has 5 rings (SSSR count). The van der Waals surface area contributed by atoms with Crippen molar-refractivity contribution in [2.75, 3.05) is 13.7 Å². The van der Waals surface area contributed by atoms with Crippen molar-refractivity contribution in [2.24, 2.45) is 57.1 Å². The van der Waals surface area contributed by atoms with Gasteiger partial charge in [0, 0.05) is 12.8 Å². The number of nitrogens with zero attached hydrogens (tertiary/aromatic N) is 1. The summed E-state index contributed by atoms with van der Waals surface area (Å²) in [6.07, 6.45) is 16.9. The third kappa shape index (κ3) is 8.38. The summed E-state index contributed by atoms with van der Waals surface area (Å²) in [6.45, 7) is 19.8. The second-order valence-electron chi connectivity index (χ2n) is 17.3. The number of methoxy groups -OCH3 is 1. The number of ether oxygens (including phenoxy) is 4. The lowest BCUT2D eigenvalue weighted by Crippen LogP contribution is -2.51. The molecule has 0 aromatic rings. The molecule has 0 amide bonds. The molecule has 3 fully saturated rings. The highest BCUT2D eigenvalue weighted by Gasteiger charge is 2.59. The van der Waals surface area contributed by atoms with Crippen LogP contribution in [0.5, 0.6) is 0 Å². The maximum absolute atomic E-state index is 11.7. The SMILES string of the molecule is CCC1=NC(N)(C(=O)OC(C)(C)C)CO1.COC(=O)O[C@H]1CC[C@@]2(C)C(=CC[C@H]3[C@@H]4CC[C@H](C(C)CCCC(C)C)[C@@]4(C)CC[C@@H]32)C1. The predicted octanol–water partition coefficient (Wildman–Crippen LogP) is 9.00. The first-order valence-corrected chi connectivity index (χ1v) is 18.6. The van der Waals surface area contributed by atoms with Crippen LogP contribution in [-0.2, 0) is 23.7 Å². The molecule has 8 heteroatoms. The van der Waals surface area contributed by atoms with Gasteiger partial charge in [-0.3, -0.25) is 5.73 Å². The lowest BCUT2D eigenvalue weighted by atomic mass is 9.47. The van der Waals surface area contributed by atoms with E-state index >= 15 is 0 Å². The first kappa shape index (κ1) is 37.7. The Labute approximate surface area is 285 Å². The van der Waals surface area contributed by atoms with Crippen LogP contribution in [-0.4, -0.2) is 49.1 Å². The average Bonchev–Trinajstić information content (AvgIpc) is 3.57. The Kier molecular flexibility index (Phi) is 11.9. The summed E-state index contributed by atoms with van der Waals surface area (Å²) in [5.41, 5.74) is 6.29. The van der Waals surface area contributed by atoms with E-state index < -0.39 is 23.4 Å². The van der Waals surface area contributed by atoms with Crippen molar-refractivity contribution in [1.29, 1.82) is 0 Å². The van der Waals surface area contributed by atoms with Gasteiger partial charge in [0.25, 0.3) is 0 Å². The van der Waals surface area contributed by atoms with Crippen molar-refractivity contribution in [1.82, 2.24) is 0 Å². The molecule has 0 saturated heterocycles. The van der Waals surface area contributed by atoms with E-state index in [2.05, 4.69) is 45.7 Å². The van der Waals surface area contributed by atoms with Crippen molar-refractivity contribution in [2.45, 2.75) is 157 Å². The maximum Gasteiger partial charge on any atom is 0.508 e. The molecule has 0 bridgehead atoms. The Morgan fingerprint density at radius 2 is 1.79 bits per heavy atom. The van der Waals surface area contributed by atoms with E-state index in [0.717, 1.165) is 54.8 Å². The summed E-state index contributed by atoms with van der Waals surface area (Å²) in [5, 5.41) is 0. The van der Waals surface area contributed by atoms with E-state index in [0.29, 0.717) is 23.1 Å². The largest absolute Gasteiger partial charge is 0.508 e. The van der Waals surface area contributed by atoms with Crippen molar-refractivity contribution in [3.63, 3.8) is 0 Å². The smallest absolute Gasteiger partial charge is 0.476 e. The molecule has 8 nitrogen and oxygen atoms in total. The molecule has 0 radical (unpaired) electrons. The van der Waals surface area contributed by atoms with Crippen LogP contribution in [0.2, 0.25) is 0 Å². The monoisotopic (exact) mass is 658 g/mol. The quantitative estimate of drug-likeness (QED) is 0.205. The Morgan fingerprint density at radius 1 is 1.06 bits per heavy atom. The molecule has 2 unspecified atom stereocenters. The zero-order valence-electron chi connectivity index (χ0n) is 31.3. The number of nitrogens with two attached hydrogens (primary N) is 1. The lowest BCUT2D eigenvalue weighted by Gasteiger charge is -2.58. The number of rotatable bonds is 8. The lowest BCUT2D eigenvalue weighted by molar-refractivity contribution is -0.161. The van der Waals surface area contributed by atoms with E-state index in [1.165, 1.54) is 58.5 Å². The average molecular weight is 659 g/mol. The molecular weight excluding hydrogens is 592 g/mol. The molecule has 2 N–H and O–H groups in total. The van der Waals surface area contributed by atoms with Crippen LogP contribution in [0.25, 0.3) is 0 Å². The van der Waals surface area contributed by atoms with Crippen LogP contribution in [0.3, 0.4) is 0 Å². The third-order valence-electron chi connectivity index (χ3n) is 12.5. The third-order valence-corrected chi connectivity index (χ3v) is 12.5. The summed E-state index contributed by atoms with van der Waals surface area (Å²) in [6, 6.07) is 0. The molecule has 1 heterocycles. The van der Waals surface area contributed by atoms with Gasteiger partial charge in [-0.25, -0.2) is 14.6 Å². The Balaban J connectivity index is 0.000000280. The van der Waals surface area contributed by atoms with Crippen LogP contribution in [0, 0.1) is 46.3 Å². The molecule has 268 valence electrons. The van der Waals surface area contributed by atoms with Crippen LogP contribution < -0.4 is 5.73 Å². The van der Waals surface area contributed by atoms with Crippen molar-refractivity contribution >= 4 is 18.0 Å². The number of allylic oxidation sites excluding steroid dienone is 1. The highest BCUT2D eigenvalue weighted by molar-refractivity contribution is 5.88. The number of hydrogen-bond acceptors (Lipinski definition) is 8. The van der Waals surface area contributed by atoms with Crippen LogP contribution in [0.15, 0.2) is 16.6 Å². The molecular formula is C39H66N2O6.